The van der Waals surface area contributed by atoms with Crippen molar-refractivity contribution in [3.05, 3.63) is 76.1 Å². The van der Waals surface area contributed by atoms with Crippen LogP contribution in [0.4, 0.5) is 18.9 Å². The van der Waals surface area contributed by atoms with Crippen LogP contribution in [0.25, 0.3) is 0 Å². The first-order chi connectivity index (χ1) is 17.4. The smallest absolute Gasteiger partial charge is 0.323 e. The number of rotatable bonds is 6. The lowest BCUT2D eigenvalue weighted by Crippen LogP contribution is -2.41. The molecule has 1 saturated heterocycles. The molecule has 2 aromatic carbocycles. The van der Waals surface area contributed by atoms with Crippen molar-refractivity contribution in [2.45, 2.75) is 44.3 Å². The maximum Gasteiger partial charge on any atom is 0.416 e. The quantitative estimate of drug-likeness (QED) is 0.450. The maximum atomic E-state index is 13.1. The number of amides is 1. The van der Waals surface area contributed by atoms with E-state index in [1.165, 1.54) is 34.6 Å². The molecule has 0 saturated carbocycles. The average molecular weight is 555 g/mol. The largest absolute Gasteiger partial charge is 0.416 e. The number of alkyl halides is 3. The molecular formula is C25H26ClF3N4O3S. The number of anilines is 1. The molecule has 1 N–H and O–H groups in total. The first kappa shape index (κ1) is 27.2. The number of carbonyl (C=O) groups is 1. The summed E-state index contributed by atoms with van der Waals surface area (Å²) in [6.07, 6.45) is -3.72. The fraction of sp³-hybridized carbons (Fsp3) is 0.360. The molecular weight excluding hydrogens is 529 g/mol. The van der Waals surface area contributed by atoms with Crippen LogP contribution in [0.1, 0.15) is 35.4 Å². The summed E-state index contributed by atoms with van der Waals surface area (Å²) in [6, 6.07) is 11.0. The minimum absolute atomic E-state index is 0.118. The van der Waals surface area contributed by atoms with E-state index in [1.54, 1.807) is 24.6 Å². The summed E-state index contributed by atoms with van der Waals surface area (Å²) in [7, 11) is -3.68. The standard InChI is InChI=1S/C25H26ClF3N4O3S/c1-16-23(17(2)33(31-16)15-18-4-3-5-20(14-18)25(27,28)29)30-24(34)19-10-12-32(13-11-19)37(35,36)22-8-6-21(26)7-9-22/h3-9,14,19H,10-13,15H2,1-2H3,(H,30,34). The zero-order chi connectivity index (χ0) is 27.0. The van der Waals surface area contributed by atoms with Crippen LogP contribution in [0.3, 0.4) is 0 Å². The first-order valence-corrected chi connectivity index (χ1v) is 13.4. The van der Waals surface area contributed by atoms with Gasteiger partial charge in [-0.2, -0.15) is 22.6 Å². The predicted octanol–water partition coefficient (Wildman–Crippen LogP) is 5.26. The van der Waals surface area contributed by atoms with Gasteiger partial charge in [-0.3, -0.25) is 9.48 Å². The van der Waals surface area contributed by atoms with Gasteiger partial charge in [0.2, 0.25) is 15.9 Å². The van der Waals surface area contributed by atoms with Gasteiger partial charge in [-0.25, -0.2) is 8.42 Å². The van der Waals surface area contributed by atoms with Crippen LogP contribution in [-0.4, -0.2) is 41.5 Å². The van der Waals surface area contributed by atoms with Crippen molar-refractivity contribution in [2.24, 2.45) is 5.92 Å². The second-order valence-electron chi connectivity index (χ2n) is 9.02. The topological polar surface area (TPSA) is 84.3 Å². The van der Waals surface area contributed by atoms with E-state index in [1.807, 2.05) is 0 Å². The van der Waals surface area contributed by atoms with Crippen LogP contribution in [-0.2, 0) is 27.5 Å². The molecule has 12 heteroatoms. The maximum absolute atomic E-state index is 13.1. The van der Waals surface area contributed by atoms with Crippen molar-refractivity contribution in [1.82, 2.24) is 14.1 Å². The molecule has 0 bridgehead atoms. The molecule has 1 aliphatic rings. The van der Waals surface area contributed by atoms with E-state index in [-0.39, 0.29) is 36.4 Å². The van der Waals surface area contributed by atoms with Crippen molar-refractivity contribution in [2.75, 3.05) is 18.4 Å². The minimum Gasteiger partial charge on any atom is -0.323 e. The Bertz CT molecular complexity index is 1400. The van der Waals surface area contributed by atoms with Crippen LogP contribution in [0.2, 0.25) is 5.02 Å². The second-order valence-corrected chi connectivity index (χ2v) is 11.4. The molecule has 1 aliphatic heterocycles. The van der Waals surface area contributed by atoms with Crippen molar-refractivity contribution < 1.29 is 26.4 Å². The lowest BCUT2D eigenvalue weighted by Gasteiger charge is -2.30. The molecule has 37 heavy (non-hydrogen) atoms. The Morgan fingerprint density at radius 2 is 1.76 bits per heavy atom. The minimum atomic E-state index is -4.44. The fourth-order valence-corrected chi connectivity index (χ4v) is 5.99. The highest BCUT2D eigenvalue weighted by Crippen LogP contribution is 2.31. The monoisotopic (exact) mass is 554 g/mol. The van der Waals surface area contributed by atoms with Crippen LogP contribution in [0, 0.1) is 19.8 Å². The first-order valence-electron chi connectivity index (χ1n) is 11.6. The molecule has 4 rings (SSSR count). The van der Waals surface area contributed by atoms with E-state index in [9.17, 15) is 26.4 Å². The molecule has 0 atom stereocenters. The summed E-state index contributed by atoms with van der Waals surface area (Å²) >= 11 is 5.85. The third-order valence-electron chi connectivity index (χ3n) is 6.49. The number of hydrogen-bond donors (Lipinski definition) is 1. The molecule has 0 radical (unpaired) electrons. The molecule has 3 aromatic rings. The third-order valence-corrected chi connectivity index (χ3v) is 8.66. The number of halogens is 4. The highest BCUT2D eigenvalue weighted by atomic mass is 35.5. The molecule has 1 fully saturated rings. The average Bonchev–Trinajstić information content (AvgIpc) is 3.11. The Morgan fingerprint density at radius 3 is 2.38 bits per heavy atom. The number of piperidine rings is 1. The van der Waals surface area contributed by atoms with Gasteiger partial charge in [0.1, 0.15) is 0 Å². The van der Waals surface area contributed by atoms with Crippen LogP contribution in [0.5, 0.6) is 0 Å². The van der Waals surface area contributed by atoms with E-state index >= 15 is 0 Å². The highest BCUT2D eigenvalue weighted by molar-refractivity contribution is 7.89. The van der Waals surface area contributed by atoms with Gasteiger partial charge in [-0.15, -0.1) is 0 Å². The summed E-state index contributed by atoms with van der Waals surface area (Å²) in [4.78, 5) is 13.2. The number of nitrogens with zero attached hydrogens (tertiary/aromatic N) is 3. The summed E-state index contributed by atoms with van der Waals surface area (Å²) in [5.41, 5.74) is 1.37. The van der Waals surface area contributed by atoms with Gasteiger partial charge in [-0.05, 0) is 68.7 Å². The van der Waals surface area contributed by atoms with Gasteiger partial charge in [0.05, 0.1) is 34.1 Å². The number of carbonyl (C=O) groups excluding carboxylic acids is 1. The van der Waals surface area contributed by atoms with Gasteiger partial charge in [-0.1, -0.05) is 23.7 Å². The van der Waals surface area contributed by atoms with E-state index in [2.05, 4.69) is 10.4 Å². The van der Waals surface area contributed by atoms with Crippen molar-refractivity contribution in [3.63, 3.8) is 0 Å². The fourth-order valence-electron chi connectivity index (χ4n) is 4.39. The summed E-state index contributed by atoms with van der Waals surface area (Å²) in [5.74, 6) is -0.629. The number of aromatic nitrogens is 2. The van der Waals surface area contributed by atoms with Crippen molar-refractivity contribution in [3.8, 4) is 0 Å². The zero-order valence-corrected chi connectivity index (χ0v) is 21.8. The van der Waals surface area contributed by atoms with Crippen LogP contribution in [0.15, 0.2) is 53.4 Å². The lowest BCUT2D eigenvalue weighted by atomic mass is 9.97. The molecule has 0 aliphatic carbocycles. The molecule has 0 spiro atoms. The number of benzene rings is 2. The molecule has 1 amide bonds. The van der Waals surface area contributed by atoms with Crippen LogP contribution < -0.4 is 5.32 Å². The van der Waals surface area contributed by atoms with E-state index in [0.717, 1.165) is 12.1 Å². The summed E-state index contributed by atoms with van der Waals surface area (Å²) < 4.78 is 67.9. The Labute approximate surface area is 218 Å². The van der Waals surface area contributed by atoms with Crippen molar-refractivity contribution >= 4 is 33.2 Å². The number of aryl methyl sites for hydroxylation is 1. The van der Waals surface area contributed by atoms with Gasteiger partial charge in [0.25, 0.3) is 0 Å². The lowest BCUT2D eigenvalue weighted by molar-refractivity contribution is -0.137. The van der Waals surface area contributed by atoms with E-state index < -0.39 is 21.8 Å². The predicted molar refractivity (Wildman–Crippen MR) is 134 cm³/mol. The number of sulfonamides is 1. The molecule has 1 aromatic heterocycles. The normalized spacial score (nSPS) is 15.6. The Kier molecular flexibility index (Phi) is 7.68. The van der Waals surface area contributed by atoms with Gasteiger partial charge >= 0.3 is 6.18 Å². The van der Waals surface area contributed by atoms with Crippen LogP contribution >= 0.6 is 11.6 Å². The Morgan fingerprint density at radius 1 is 1.11 bits per heavy atom. The Hall–Kier alpha value is -2.89. The van der Waals surface area contributed by atoms with Gasteiger partial charge in [0, 0.05) is 24.0 Å². The van der Waals surface area contributed by atoms with E-state index in [4.69, 9.17) is 11.6 Å². The summed E-state index contributed by atoms with van der Waals surface area (Å²) in [5, 5.41) is 7.74. The SMILES string of the molecule is Cc1nn(Cc2cccc(C(F)(F)F)c2)c(C)c1NC(=O)C1CCN(S(=O)(=O)c2ccc(Cl)cc2)CC1. The zero-order valence-electron chi connectivity index (χ0n) is 20.2. The number of nitrogens with one attached hydrogen (secondary N) is 1. The second kappa shape index (κ2) is 10.5. The van der Waals surface area contributed by atoms with Gasteiger partial charge < -0.3 is 5.32 Å². The molecule has 198 valence electrons. The summed E-state index contributed by atoms with van der Waals surface area (Å²) in [6.45, 7) is 3.98. The van der Waals surface area contributed by atoms with Crippen molar-refractivity contribution in [1.29, 1.82) is 0 Å². The van der Waals surface area contributed by atoms with E-state index in [0.29, 0.717) is 40.5 Å². The number of hydrogen-bond acceptors (Lipinski definition) is 4. The third kappa shape index (κ3) is 6.00. The highest BCUT2D eigenvalue weighted by Gasteiger charge is 2.33. The molecule has 0 unspecified atom stereocenters. The Balaban J connectivity index is 1.40. The van der Waals surface area contributed by atoms with Gasteiger partial charge in [0.15, 0.2) is 0 Å². The molecule has 7 nitrogen and oxygen atoms in total. The molecule has 2 heterocycles.